The van der Waals surface area contributed by atoms with E-state index >= 15 is 0 Å². The van der Waals surface area contributed by atoms with Gasteiger partial charge in [-0.15, -0.1) is 0 Å². The number of pyridine rings is 1. The average Bonchev–Trinajstić information content (AvgIpc) is 3.05. The van der Waals surface area contributed by atoms with E-state index in [0.717, 1.165) is 12.8 Å². The van der Waals surface area contributed by atoms with Crippen molar-refractivity contribution in [1.82, 2.24) is 25.2 Å². The van der Waals surface area contributed by atoms with E-state index in [9.17, 15) is 14.0 Å². The molecule has 3 aliphatic heterocycles. The largest absolute Gasteiger partial charge is 0.475 e. The molecule has 0 unspecified atom stereocenters. The van der Waals surface area contributed by atoms with Crippen molar-refractivity contribution in [3.63, 3.8) is 0 Å². The summed E-state index contributed by atoms with van der Waals surface area (Å²) in [5.41, 5.74) is -1.29. The Hall–Kier alpha value is -2.11. The first-order valence-electron chi connectivity index (χ1n) is 10.8. The lowest BCUT2D eigenvalue weighted by Gasteiger charge is -2.38. The predicted molar refractivity (Wildman–Crippen MR) is 124 cm³/mol. The normalized spacial score (nSPS) is 23.0. The van der Waals surface area contributed by atoms with Crippen molar-refractivity contribution in [3.8, 4) is 5.88 Å². The summed E-state index contributed by atoms with van der Waals surface area (Å²) in [6.45, 7) is 6.85. The molecule has 0 radical (unpaired) electrons. The van der Waals surface area contributed by atoms with E-state index in [1.807, 2.05) is 20.8 Å². The van der Waals surface area contributed by atoms with Crippen LogP contribution in [0.2, 0.25) is 5.15 Å². The second-order valence-electron chi connectivity index (χ2n) is 9.27. The van der Waals surface area contributed by atoms with Crippen molar-refractivity contribution in [1.29, 1.82) is 0 Å². The topological polar surface area (TPSA) is 109 Å². The van der Waals surface area contributed by atoms with Crippen LogP contribution in [0, 0.1) is 11.7 Å². The van der Waals surface area contributed by atoms with Crippen molar-refractivity contribution in [2.24, 2.45) is 5.92 Å². The number of ether oxygens (including phenoxy) is 2. The number of carbonyl (C=O) groups excluding carboxylic acids is 1. The van der Waals surface area contributed by atoms with E-state index in [2.05, 4.69) is 20.3 Å². The molecule has 5 rings (SSSR count). The molecule has 0 saturated carbocycles. The number of nitrogens with zero attached hydrogens (tertiary/aromatic N) is 3. The Morgan fingerprint density at radius 3 is 2.79 bits per heavy atom. The Morgan fingerprint density at radius 1 is 1.33 bits per heavy atom. The second-order valence-corrected chi connectivity index (χ2v) is 10.4. The van der Waals surface area contributed by atoms with Crippen molar-refractivity contribution in [2.75, 3.05) is 26.0 Å². The van der Waals surface area contributed by atoms with E-state index in [1.54, 1.807) is 11.2 Å². The molecule has 2 N–H and O–H groups in total. The summed E-state index contributed by atoms with van der Waals surface area (Å²) in [4.78, 5) is 37.8. The van der Waals surface area contributed by atoms with Crippen LogP contribution in [0.15, 0.2) is 9.95 Å². The smallest absolute Gasteiger partial charge is 0.410 e. The number of H-pyrrole nitrogens is 1. The van der Waals surface area contributed by atoms with Crippen LogP contribution in [0.4, 0.5) is 9.18 Å². The standard InChI is InChI=1S/C21H27ClFN5O4S/c1-21(2,3)32-20(30)28-8-10-5-6-11(28)7-24-12(10)9-31-18-13-15(14(23)16(22)26-18)25-19(33-4)27-17(13)29/h10-12,24H,5-9H2,1-4H3,(H,25,27,29)/t10-,11+,12-/m1/s1. The highest BCUT2D eigenvalue weighted by atomic mass is 35.5. The minimum absolute atomic E-state index is 0.0392. The van der Waals surface area contributed by atoms with Crippen molar-refractivity contribution in [3.05, 3.63) is 21.3 Å². The molecule has 1 amide bonds. The number of rotatable bonds is 4. The zero-order chi connectivity index (χ0) is 23.9. The fourth-order valence-electron chi connectivity index (χ4n) is 4.26. The Kier molecular flexibility index (Phi) is 6.75. The van der Waals surface area contributed by atoms with Gasteiger partial charge in [0.25, 0.3) is 5.56 Å². The van der Waals surface area contributed by atoms with Crippen LogP contribution in [0.25, 0.3) is 10.9 Å². The summed E-state index contributed by atoms with van der Waals surface area (Å²) in [5.74, 6) is -0.806. The molecule has 33 heavy (non-hydrogen) atoms. The predicted octanol–water partition coefficient (Wildman–Crippen LogP) is 3.20. The number of halogens is 2. The third-order valence-electron chi connectivity index (χ3n) is 5.85. The number of hydrogen-bond donors (Lipinski definition) is 2. The first-order valence-corrected chi connectivity index (χ1v) is 12.4. The first-order chi connectivity index (χ1) is 15.6. The van der Waals surface area contributed by atoms with Crippen molar-refractivity contribution < 1.29 is 18.7 Å². The number of aromatic amines is 1. The summed E-state index contributed by atoms with van der Waals surface area (Å²) in [7, 11) is 0. The Labute approximate surface area is 199 Å². The molecule has 9 nitrogen and oxygen atoms in total. The molecule has 0 spiro atoms. The number of nitrogens with one attached hydrogen (secondary N) is 2. The Balaban J connectivity index is 1.54. The molecule has 2 bridgehead atoms. The van der Waals surface area contributed by atoms with Crippen molar-refractivity contribution in [2.45, 2.75) is 56.5 Å². The van der Waals surface area contributed by atoms with Gasteiger partial charge in [0.05, 0.1) is 0 Å². The molecule has 0 aromatic carbocycles. The number of amides is 1. The number of thioether (sulfide) groups is 1. The van der Waals surface area contributed by atoms with E-state index in [0.29, 0.717) is 13.1 Å². The van der Waals surface area contributed by atoms with Gasteiger partial charge in [0, 0.05) is 25.2 Å². The lowest BCUT2D eigenvalue weighted by molar-refractivity contribution is 0.00644. The zero-order valence-corrected chi connectivity index (χ0v) is 20.5. The van der Waals surface area contributed by atoms with E-state index in [1.165, 1.54) is 11.8 Å². The number of aromatic nitrogens is 3. The maximum atomic E-state index is 14.5. The number of hydrogen-bond acceptors (Lipinski definition) is 8. The molecule has 0 aliphatic carbocycles. The van der Waals surface area contributed by atoms with Gasteiger partial charge < -0.3 is 24.7 Å². The highest BCUT2D eigenvalue weighted by Gasteiger charge is 2.40. The molecule has 2 aromatic rings. The van der Waals surface area contributed by atoms with Crippen LogP contribution < -0.4 is 15.6 Å². The van der Waals surface area contributed by atoms with Gasteiger partial charge in [-0.05, 0) is 45.8 Å². The number of piperidine rings is 1. The van der Waals surface area contributed by atoms with Gasteiger partial charge in [0.1, 0.15) is 23.1 Å². The SMILES string of the molecule is CSc1nc2c(F)c(Cl)nc(OC[C@H]3NC[C@@H]4CC[C@@H]3CN4C(=O)OC(C)(C)C)c2c(=O)[nH]1. The van der Waals surface area contributed by atoms with Gasteiger partial charge in [-0.1, -0.05) is 23.4 Å². The lowest BCUT2D eigenvalue weighted by Crippen LogP contribution is -2.49. The summed E-state index contributed by atoms with van der Waals surface area (Å²) in [6, 6.07) is -0.0574. The Morgan fingerprint density at radius 2 is 2.09 bits per heavy atom. The average molecular weight is 500 g/mol. The number of fused-ring (bicyclic) bond motifs is 5. The maximum absolute atomic E-state index is 14.5. The van der Waals surface area contributed by atoms with Crippen LogP contribution in [-0.2, 0) is 4.74 Å². The highest BCUT2D eigenvalue weighted by molar-refractivity contribution is 7.98. The van der Waals surface area contributed by atoms with Gasteiger partial charge >= 0.3 is 6.09 Å². The molecule has 180 valence electrons. The third-order valence-corrected chi connectivity index (χ3v) is 6.68. The van der Waals surface area contributed by atoms with Gasteiger partial charge in [-0.25, -0.2) is 14.2 Å². The first kappa shape index (κ1) is 24.0. The molecule has 12 heteroatoms. The highest BCUT2D eigenvalue weighted by Crippen LogP contribution is 2.31. The molecular weight excluding hydrogens is 473 g/mol. The minimum Gasteiger partial charge on any atom is -0.475 e. The van der Waals surface area contributed by atoms with Crippen LogP contribution in [0.1, 0.15) is 33.6 Å². The van der Waals surface area contributed by atoms with E-state index in [-0.39, 0.29) is 52.6 Å². The molecular formula is C21H27ClFN5O4S. The van der Waals surface area contributed by atoms with Gasteiger partial charge in [-0.3, -0.25) is 4.79 Å². The van der Waals surface area contributed by atoms with Crippen LogP contribution >= 0.6 is 23.4 Å². The quantitative estimate of drug-likeness (QED) is 0.375. The fraction of sp³-hybridized carbons (Fsp3) is 0.619. The number of carbonyl (C=O) groups is 1. The van der Waals surface area contributed by atoms with Crippen LogP contribution in [0.5, 0.6) is 5.88 Å². The molecule has 3 aliphatic rings. The molecule has 3 fully saturated rings. The van der Waals surface area contributed by atoms with Gasteiger partial charge in [0.15, 0.2) is 16.1 Å². The molecule has 2 aromatic heterocycles. The Bertz CT molecular complexity index is 1120. The van der Waals surface area contributed by atoms with E-state index < -0.39 is 22.1 Å². The minimum atomic E-state index is -0.861. The molecule has 3 atom stereocenters. The van der Waals surface area contributed by atoms with Crippen LogP contribution in [0.3, 0.4) is 0 Å². The third kappa shape index (κ3) is 5.04. The molecule has 3 saturated heterocycles. The monoisotopic (exact) mass is 499 g/mol. The van der Waals surface area contributed by atoms with Gasteiger partial charge in [0.2, 0.25) is 5.88 Å². The zero-order valence-electron chi connectivity index (χ0n) is 18.9. The second kappa shape index (κ2) is 9.27. The van der Waals surface area contributed by atoms with Crippen molar-refractivity contribution >= 4 is 40.4 Å². The molecule has 5 heterocycles. The maximum Gasteiger partial charge on any atom is 0.410 e. The summed E-state index contributed by atoms with van der Waals surface area (Å²) < 4.78 is 26.0. The van der Waals surface area contributed by atoms with E-state index in [4.69, 9.17) is 21.1 Å². The summed E-state index contributed by atoms with van der Waals surface area (Å²) >= 11 is 7.14. The van der Waals surface area contributed by atoms with Crippen LogP contribution in [-0.4, -0.2) is 69.6 Å². The van der Waals surface area contributed by atoms with Gasteiger partial charge in [-0.2, -0.15) is 4.98 Å². The summed E-state index contributed by atoms with van der Waals surface area (Å²) in [6.07, 6.45) is 3.18. The summed E-state index contributed by atoms with van der Waals surface area (Å²) in [5, 5.41) is 3.23. The lowest BCUT2D eigenvalue weighted by atomic mass is 9.90. The fourth-order valence-corrected chi connectivity index (χ4v) is 4.80.